The molecule has 0 unspecified atom stereocenters. The first-order chi connectivity index (χ1) is 12.0. The van der Waals surface area contributed by atoms with E-state index in [2.05, 4.69) is 22.0 Å². The second kappa shape index (κ2) is 7.14. The number of benzene rings is 1. The lowest BCUT2D eigenvalue weighted by molar-refractivity contribution is -0.120. The molecule has 25 heavy (non-hydrogen) atoms. The Morgan fingerprint density at radius 1 is 1.28 bits per heavy atom. The molecule has 1 aromatic rings. The average Bonchev–Trinajstić information content (AvgIpc) is 3.29. The van der Waals surface area contributed by atoms with Crippen molar-refractivity contribution in [2.45, 2.75) is 57.0 Å². The normalized spacial score (nSPS) is 18.2. The molecule has 2 fully saturated rings. The maximum absolute atomic E-state index is 12.2. The molecule has 0 spiro atoms. The van der Waals surface area contributed by atoms with Crippen molar-refractivity contribution >= 4 is 17.5 Å². The SMILES string of the molecule is Cc1ccc(C(=O)NC2CC2)cc1NCC(=O)NC1(C#N)CCCC1. The van der Waals surface area contributed by atoms with Crippen molar-refractivity contribution in [3.63, 3.8) is 0 Å². The van der Waals surface area contributed by atoms with Crippen LogP contribution in [0.3, 0.4) is 0 Å². The van der Waals surface area contributed by atoms with Crippen LogP contribution in [-0.2, 0) is 4.79 Å². The average molecular weight is 340 g/mol. The van der Waals surface area contributed by atoms with Crippen molar-refractivity contribution in [1.82, 2.24) is 10.6 Å². The molecule has 132 valence electrons. The lowest BCUT2D eigenvalue weighted by Crippen LogP contribution is -2.47. The molecule has 6 heteroatoms. The first kappa shape index (κ1) is 17.3. The fourth-order valence-electron chi connectivity index (χ4n) is 3.18. The molecule has 2 aliphatic carbocycles. The molecule has 0 heterocycles. The van der Waals surface area contributed by atoms with Gasteiger partial charge >= 0.3 is 0 Å². The van der Waals surface area contributed by atoms with Gasteiger partial charge in [-0.25, -0.2) is 0 Å². The molecule has 0 bridgehead atoms. The lowest BCUT2D eigenvalue weighted by atomic mass is 10.00. The number of nitrogens with zero attached hydrogens (tertiary/aromatic N) is 1. The third-order valence-corrected chi connectivity index (χ3v) is 4.90. The van der Waals surface area contributed by atoms with Crippen LogP contribution < -0.4 is 16.0 Å². The van der Waals surface area contributed by atoms with Gasteiger partial charge in [0.05, 0.1) is 12.6 Å². The Bertz CT molecular complexity index is 713. The van der Waals surface area contributed by atoms with Gasteiger partial charge in [0.1, 0.15) is 5.54 Å². The maximum Gasteiger partial charge on any atom is 0.251 e. The summed E-state index contributed by atoms with van der Waals surface area (Å²) in [5.74, 6) is -0.278. The van der Waals surface area contributed by atoms with E-state index in [1.807, 2.05) is 13.0 Å². The van der Waals surface area contributed by atoms with Crippen LogP contribution in [0, 0.1) is 18.3 Å². The molecule has 6 nitrogen and oxygen atoms in total. The van der Waals surface area contributed by atoms with Crippen LogP contribution in [0.1, 0.15) is 54.4 Å². The number of carbonyl (C=O) groups excluding carboxylic acids is 2. The predicted octanol–water partition coefficient (Wildman–Crippen LogP) is 2.25. The number of hydrogen-bond donors (Lipinski definition) is 3. The highest BCUT2D eigenvalue weighted by Gasteiger charge is 2.35. The van der Waals surface area contributed by atoms with E-state index >= 15 is 0 Å². The van der Waals surface area contributed by atoms with Crippen molar-refractivity contribution in [2.75, 3.05) is 11.9 Å². The molecule has 0 radical (unpaired) electrons. The van der Waals surface area contributed by atoms with Gasteiger partial charge in [0.25, 0.3) is 5.91 Å². The van der Waals surface area contributed by atoms with Crippen LogP contribution in [0.2, 0.25) is 0 Å². The zero-order valence-electron chi connectivity index (χ0n) is 14.5. The second-order valence-corrected chi connectivity index (χ2v) is 7.08. The summed E-state index contributed by atoms with van der Waals surface area (Å²) in [5.41, 5.74) is 1.60. The van der Waals surface area contributed by atoms with Gasteiger partial charge in [0.2, 0.25) is 5.91 Å². The molecular formula is C19H24N4O2. The minimum Gasteiger partial charge on any atom is -0.376 e. The van der Waals surface area contributed by atoms with Crippen molar-refractivity contribution in [1.29, 1.82) is 5.26 Å². The predicted molar refractivity (Wildman–Crippen MR) is 95.1 cm³/mol. The molecule has 2 saturated carbocycles. The summed E-state index contributed by atoms with van der Waals surface area (Å²) < 4.78 is 0. The van der Waals surface area contributed by atoms with Gasteiger partial charge in [-0.2, -0.15) is 5.26 Å². The third kappa shape index (κ3) is 4.30. The fraction of sp³-hybridized carbons (Fsp3) is 0.526. The van der Waals surface area contributed by atoms with Gasteiger partial charge in [-0.1, -0.05) is 6.07 Å². The molecule has 3 rings (SSSR count). The maximum atomic E-state index is 12.2. The third-order valence-electron chi connectivity index (χ3n) is 4.90. The van der Waals surface area contributed by atoms with E-state index < -0.39 is 5.54 Å². The number of anilines is 1. The summed E-state index contributed by atoms with van der Waals surface area (Å²) in [5, 5.41) is 18.3. The van der Waals surface area contributed by atoms with Crippen LogP contribution in [0.15, 0.2) is 18.2 Å². The quantitative estimate of drug-likeness (QED) is 0.740. The molecule has 0 saturated heterocycles. The minimum absolute atomic E-state index is 0.0793. The largest absolute Gasteiger partial charge is 0.376 e. The van der Waals surface area contributed by atoms with Crippen molar-refractivity contribution < 1.29 is 9.59 Å². The molecule has 2 amide bonds. The van der Waals surface area contributed by atoms with E-state index in [-0.39, 0.29) is 18.4 Å². The van der Waals surface area contributed by atoms with Crippen LogP contribution in [0.5, 0.6) is 0 Å². The fourth-order valence-corrected chi connectivity index (χ4v) is 3.18. The van der Waals surface area contributed by atoms with Gasteiger partial charge in [-0.3, -0.25) is 9.59 Å². The summed E-state index contributed by atoms with van der Waals surface area (Å²) in [7, 11) is 0. The Labute approximate surface area is 148 Å². The van der Waals surface area contributed by atoms with E-state index in [9.17, 15) is 14.9 Å². The minimum atomic E-state index is -0.709. The van der Waals surface area contributed by atoms with E-state index in [4.69, 9.17) is 0 Å². The topological polar surface area (TPSA) is 94.0 Å². The van der Waals surface area contributed by atoms with Crippen LogP contribution >= 0.6 is 0 Å². The molecular weight excluding hydrogens is 316 g/mol. The van der Waals surface area contributed by atoms with Crippen molar-refractivity contribution in [2.24, 2.45) is 0 Å². The highest BCUT2D eigenvalue weighted by Crippen LogP contribution is 2.28. The zero-order chi connectivity index (χ0) is 17.9. The Morgan fingerprint density at radius 3 is 2.64 bits per heavy atom. The van der Waals surface area contributed by atoms with E-state index in [1.54, 1.807) is 12.1 Å². The molecule has 0 aromatic heterocycles. The number of nitriles is 1. The van der Waals surface area contributed by atoms with Gasteiger partial charge in [0.15, 0.2) is 0 Å². The molecule has 3 N–H and O–H groups in total. The molecule has 0 aliphatic heterocycles. The van der Waals surface area contributed by atoms with Gasteiger partial charge in [-0.15, -0.1) is 0 Å². The summed E-state index contributed by atoms with van der Waals surface area (Å²) in [6.07, 6.45) is 5.46. The molecule has 1 aromatic carbocycles. The highest BCUT2D eigenvalue weighted by atomic mass is 16.2. The first-order valence-corrected chi connectivity index (χ1v) is 8.89. The summed E-state index contributed by atoms with van der Waals surface area (Å²) in [6, 6.07) is 8.00. The Hall–Kier alpha value is -2.55. The number of carbonyl (C=O) groups is 2. The second-order valence-electron chi connectivity index (χ2n) is 7.08. The number of hydrogen-bond acceptors (Lipinski definition) is 4. The Morgan fingerprint density at radius 2 is 2.00 bits per heavy atom. The van der Waals surface area contributed by atoms with Gasteiger partial charge in [0, 0.05) is 17.3 Å². The van der Waals surface area contributed by atoms with Crippen LogP contribution in [0.4, 0.5) is 5.69 Å². The number of amides is 2. The number of rotatable bonds is 6. The van der Waals surface area contributed by atoms with Gasteiger partial charge in [-0.05, 0) is 63.1 Å². The van der Waals surface area contributed by atoms with E-state index in [0.29, 0.717) is 24.4 Å². The van der Waals surface area contributed by atoms with Gasteiger partial charge < -0.3 is 16.0 Å². The van der Waals surface area contributed by atoms with Crippen molar-refractivity contribution in [3.05, 3.63) is 29.3 Å². The monoisotopic (exact) mass is 340 g/mol. The smallest absolute Gasteiger partial charge is 0.251 e. The van der Waals surface area contributed by atoms with E-state index in [0.717, 1.165) is 36.9 Å². The standard InChI is InChI=1S/C19H24N4O2/c1-13-4-5-14(18(25)22-15-6-7-15)10-16(13)21-11-17(24)23-19(12-20)8-2-3-9-19/h4-5,10,15,21H,2-3,6-9,11H2,1H3,(H,22,25)(H,23,24). The Kier molecular flexibility index (Phi) is 4.93. The first-order valence-electron chi connectivity index (χ1n) is 8.89. The van der Waals surface area contributed by atoms with Crippen LogP contribution in [-0.4, -0.2) is 29.9 Å². The van der Waals surface area contributed by atoms with Crippen LogP contribution in [0.25, 0.3) is 0 Å². The Balaban J connectivity index is 1.59. The summed E-state index contributed by atoms with van der Waals surface area (Å²) >= 11 is 0. The number of aryl methyl sites for hydroxylation is 1. The molecule has 0 atom stereocenters. The summed E-state index contributed by atoms with van der Waals surface area (Å²) in [6.45, 7) is 2.01. The number of nitrogens with one attached hydrogen (secondary N) is 3. The lowest BCUT2D eigenvalue weighted by Gasteiger charge is -2.22. The molecule has 2 aliphatic rings. The van der Waals surface area contributed by atoms with E-state index in [1.165, 1.54) is 0 Å². The van der Waals surface area contributed by atoms with Crippen molar-refractivity contribution in [3.8, 4) is 6.07 Å². The summed E-state index contributed by atoms with van der Waals surface area (Å²) in [4.78, 5) is 24.4. The zero-order valence-corrected chi connectivity index (χ0v) is 14.5. The highest BCUT2D eigenvalue weighted by molar-refractivity contribution is 5.96.